The Labute approximate surface area is 263 Å². The molecule has 2 aromatic carbocycles. The molecular weight excluding hydrogens is 576 g/mol. The minimum Gasteiger partial charge on any atom is -0.497 e. The van der Waals surface area contributed by atoms with E-state index in [2.05, 4.69) is 16.3 Å². The van der Waals surface area contributed by atoms with Crippen LogP contribution in [-0.4, -0.2) is 87.3 Å². The monoisotopic (exact) mass is 620 g/mol. The fraction of sp³-hybridized carbons (Fsp3) is 0.471. The Morgan fingerprint density at radius 3 is 2.50 bits per heavy atom. The van der Waals surface area contributed by atoms with Crippen LogP contribution in [0.25, 0.3) is 22.4 Å². The van der Waals surface area contributed by atoms with Gasteiger partial charge in [-0.3, -0.25) is 9.69 Å². The molecule has 1 fully saturated rings. The van der Waals surface area contributed by atoms with Gasteiger partial charge in [-0.25, -0.2) is 13.5 Å². The third kappa shape index (κ3) is 7.38. The predicted octanol–water partition coefficient (Wildman–Crippen LogP) is 4.58. The first kappa shape index (κ1) is 32.2. The van der Waals surface area contributed by atoms with E-state index in [0.717, 1.165) is 72.8 Å². The number of hydrogen-bond donors (Lipinski definition) is 2. The molecule has 0 radical (unpaired) electrons. The number of carbonyl (C=O) groups is 1. The molecule has 10 heteroatoms. The molecule has 2 aliphatic heterocycles. The first-order valence-electron chi connectivity index (χ1n) is 15.4. The van der Waals surface area contributed by atoms with Crippen molar-refractivity contribution in [3.05, 3.63) is 71.4 Å². The molecule has 1 aromatic heterocycles. The lowest BCUT2D eigenvalue weighted by Gasteiger charge is -2.30. The number of aliphatic hydroxyl groups excluding tert-OH is 1. The molecule has 1 saturated heterocycles. The van der Waals surface area contributed by atoms with E-state index >= 15 is 0 Å². The van der Waals surface area contributed by atoms with E-state index in [1.807, 2.05) is 73.6 Å². The number of ether oxygens (including phenoxy) is 2. The molecular formula is C34H44N4O5S. The highest BCUT2D eigenvalue weighted by atomic mass is 32.2. The fourth-order valence-corrected chi connectivity index (χ4v) is 7.28. The summed E-state index contributed by atoms with van der Waals surface area (Å²) in [5, 5.41) is 13.1. The molecule has 0 saturated carbocycles. The Kier molecular flexibility index (Phi) is 10.5. The lowest BCUT2D eigenvalue weighted by atomic mass is 9.94. The van der Waals surface area contributed by atoms with Crippen molar-refractivity contribution in [2.75, 3.05) is 53.1 Å². The van der Waals surface area contributed by atoms with E-state index in [-0.39, 0.29) is 18.6 Å². The maximum atomic E-state index is 13.7. The van der Waals surface area contributed by atoms with Gasteiger partial charge in [0.1, 0.15) is 22.4 Å². The molecule has 0 aliphatic carbocycles. The molecule has 0 spiro atoms. The van der Waals surface area contributed by atoms with Crippen LogP contribution in [0.15, 0.2) is 54.6 Å². The van der Waals surface area contributed by atoms with Crippen LogP contribution in [0.1, 0.15) is 61.3 Å². The van der Waals surface area contributed by atoms with Crippen molar-refractivity contribution in [3.8, 4) is 28.1 Å². The summed E-state index contributed by atoms with van der Waals surface area (Å²) in [4.78, 5) is 20.8. The van der Waals surface area contributed by atoms with Crippen molar-refractivity contribution in [2.24, 2.45) is 0 Å². The number of methoxy groups -OCH3 is 1. The van der Waals surface area contributed by atoms with Crippen molar-refractivity contribution in [3.63, 3.8) is 0 Å². The van der Waals surface area contributed by atoms with Crippen LogP contribution in [0.5, 0.6) is 5.75 Å². The van der Waals surface area contributed by atoms with Crippen LogP contribution in [0.2, 0.25) is 0 Å². The zero-order valence-electron chi connectivity index (χ0n) is 26.2. The maximum Gasteiger partial charge on any atom is 0.269 e. The summed E-state index contributed by atoms with van der Waals surface area (Å²) >= 11 is 0. The summed E-state index contributed by atoms with van der Waals surface area (Å²) in [5.74, 6) is 0.539. The number of hydrogen-bond acceptors (Lipinski definition) is 7. The van der Waals surface area contributed by atoms with Crippen molar-refractivity contribution in [1.29, 1.82) is 0 Å². The Balaban J connectivity index is 1.50. The van der Waals surface area contributed by atoms with Crippen LogP contribution in [0, 0.1) is 0 Å². The SMILES string of the molecule is COc1cccc(-c2cccc(-c3nc(C(=O)NCCCN4CCOCC4)cc4c3[C@@H](CCO)N([S@](=O)C(C)(C)C)C4)c2)c1. The van der Waals surface area contributed by atoms with Crippen LogP contribution in [-0.2, 0) is 22.3 Å². The van der Waals surface area contributed by atoms with E-state index in [1.54, 1.807) is 7.11 Å². The van der Waals surface area contributed by atoms with Crippen molar-refractivity contribution in [1.82, 2.24) is 19.5 Å². The second kappa shape index (κ2) is 14.3. The normalized spacial score (nSPS) is 18.2. The molecule has 0 unspecified atom stereocenters. The van der Waals surface area contributed by atoms with Crippen LogP contribution < -0.4 is 10.1 Å². The number of amides is 1. The topological polar surface area (TPSA) is 104 Å². The van der Waals surface area contributed by atoms with Crippen molar-refractivity contribution in [2.45, 2.75) is 50.9 Å². The van der Waals surface area contributed by atoms with Crippen LogP contribution >= 0.6 is 0 Å². The molecule has 9 nitrogen and oxygen atoms in total. The molecule has 5 rings (SSSR count). The lowest BCUT2D eigenvalue weighted by molar-refractivity contribution is 0.0374. The second-order valence-corrected chi connectivity index (χ2v) is 14.5. The predicted molar refractivity (Wildman–Crippen MR) is 174 cm³/mol. The zero-order chi connectivity index (χ0) is 31.3. The second-order valence-electron chi connectivity index (χ2n) is 12.3. The number of aliphatic hydroxyl groups is 1. The quantitative estimate of drug-likeness (QED) is 0.303. The zero-order valence-corrected chi connectivity index (χ0v) is 27.0. The Bertz CT molecular complexity index is 1480. The van der Waals surface area contributed by atoms with Crippen molar-refractivity contribution < 1.29 is 23.6 Å². The van der Waals surface area contributed by atoms with Gasteiger partial charge in [0.2, 0.25) is 0 Å². The summed E-state index contributed by atoms with van der Waals surface area (Å²) in [5.41, 5.74) is 5.69. The van der Waals surface area contributed by atoms with Gasteiger partial charge >= 0.3 is 0 Å². The molecule has 44 heavy (non-hydrogen) atoms. The Morgan fingerprint density at radius 2 is 1.80 bits per heavy atom. The van der Waals surface area contributed by atoms with E-state index in [1.165, 1.54) is 0 Å². The van der Waals surface area contributed by atoms with Gasteiger partial charge in [-0.2, -0.15) is 0 Å². The molecule has 236 valence electrons. The summed E-state index contributed by atoms with van der Waals surface area (Å²) in [6.45, 7) is 11.0. The number of benzene rings is 2. The first-order valence-corrected chi connectivity index (χ1v) is 16.5. The molecule has 2 atom stereocenters. The average molecular weight is 621 g/mol. The molecule has 2 aliphatic rings. The third-order valence-electron chi connectivity index (χ3n) is 8.10. The van der Waals surface area contributed by atoms with Gasteiger partial charge in [0.25, 0.3) is 5.91 Å². The van der Waals surface area contributed by atoms with Gasteiger partial charge in [-0.1, -0.05) is 30.3 Å². The van der Waals surface area contributed by atoms with Crippen LogP contribution in [0.4, 0.5) is 0 Å². The van der Waals surface area contributed by atoms with Gasteiger partial charge in [-0.15, -0.1) is 0 Å². The number of rotatable bonds is 11. The fourth-order valence-electron chi connectivity index (χ4n) is 5.87. The lowest BCUT2D eigenvalue weighted by Crippen LogP contribution is -2.38. The highest BCUT2D eigenvalue weighted by molar-refractivity contribution is 7.84. The van der Waals surface area contributed by atoms with E-state index in [0.29, 0.717) is 30.9 Å². The van der Waals surface area contributed by atoms with E-state index in [9.17, 15) is 14.1 Å². The number of pyridine rings is 1. The summed E-state index contributed by atoms with van der Waals surface area (Å²) in [6, 6.07) is 17.5. The number of carbonyl (C=O) groups excluding carboxylic acids is 1. The number of nitrogens with one attached hydrogen (secondary N) is 1. The van der Waals surface area contributed by atoms with Crippen molar-refractivity contribution >= 4 is 16.9 Å². The van der Waals surface area contributed by atoms with E-state index in [4.69, 9.17) is 14.5 Å². The smallest absolute Gasteiger partial charge is 0.269 e. The molecule has 3 aromatic rings. The number of aromatic nitrogens is 1. The molecule has 3 heterocycles. The number of nitrogens with zero attached hydrogens (tertiary/aromatic N) is 3. The molecule has 2 N–H and O–H groups in total. The molecule has 1 amide bonds. The summed E-state index contributed by atoms with van der Waals surface area (Å²) in [6.07, 6.45) is 1.25. The van der Waals surface area contributed by atoms with Gasteiger partial charge in [0.05, 0.1) is 36.8 Å². The summed E-state index contributed by atoms with van der Waals surface area (Å²) in [7, 11) is 0.317. The summed E-state index contributed by atoms with van der Waals surface area (Å²) < 4.78 is 26.1. The first-order chi connectivity index (χ1) is 21.2. The highest BCUT2D eigenvalue weighted by Gasteiger charge is 2.40. The highest BCUT2D eigenvalue weighted by Crippen LogP contribution is 2.44. The van der Waals surface area contributed by atoms with Crippen LogP contribution in [0.3, 0.4) is 0 Å². The van der Waals surface area contributed by atoms with Gasteiger partial charge in [0.15, 0.2) is 0 Å². The molecule has 0 bridgehead atoms. The average Bonchev–Trinajstić information content (AvgIpc) is 3.40. The standard InChI is InChI=1S/C34H44N4O5S/c1-34(2,3)44(41)38-23-27-22-29(33(40)35-13-7-14-37-15-18-43-19-16-37)36-32(31(27)30(38)12-17-39)26-10-5-8-24(20-26)25-9-6-11-28(21-25)42-4/h5-6,8-11,20-22,30,39H,7,12-19,23H2,1-4H3,(H,35,40)/t30-,44-/m1/s1. The van der Waals surface area contributed by atoms with Gasteiger partial charge in [0, 0.05) is 43.9 Å². The number of morpholine rings is 1. The largest absolute Gasteiger partial charge is 0.497 e. The Morgan fingerprint density at radius 1 is 1.09 bits per heavy atom. The van der Waals surface area contributed by atoms with Gasteiger partial charge < -0.3 is 19.9 Å². The van der Waals surface area contributed by atoms with E-state index < -0.39 is 15.7 Å². The third-order valence-corrected chi connectivity index (χ3v) is 9.96. The minimum absolute atomic E-state index is 0.0589. The van der Waals surface area contributed by atoms with Gasteiger partial charge in [-0.05, 0) is 81.1 Å². The minimum atomic E-state index is -1.33. The number of fused-ring (bicyclic) bond motifs is 1. The maximum absolute atomic E-state index is 13.7. The Hall–Kier alpha value is -3.15.